The van der Waals surface area contributed by atoms with Crippen molar-refractivity contribution in [3.05, 3.63) is 53.1 Å². The average Bonchev–Trinajstić information content (AvgIpc) is 3.35. The summed E-state index contributed by atoms with van der Waals surface area (Å²) in [6.07, 6.45) is 11.8. The number of nitrogens with one attached hydrogen (secondary N) is 1. The van der Waals surface area contributed by atoms with Gasteiger partial charge in [-0.2, -0.15) is 10.5 Å². The maximum Gasteiger partial charge on any atom is 0.291 e. The van der Waals surface area contributed by atoms with Gasteiger partial charge in [-0.25, -0.2) is 4.98 Å². The van der Waals surface area contributed by atoms with Gasteiger partial charge in [0.1, 0.15) is 12.8 Å². The predicted octanol–water partition coefficient (Wildman–Crippen LogP) is 7.64. The summed E-state index contributed by atoms with van der Waals surface area (Å²) in [5, 5.41) is 22.8. The number of amides is 1. The van der Waals surface area contributed by atoms with E-state index < -0.39 is 13.5 Å². The quantitative estimate of drug-likeness (QED) is 0.252. The Labute approximate surface area is 240 Å². The van der Waals surface area contributed by atoms with E-state index in [1.165, 1.54) is 12.0 Å². The van der Waals surface area contributed by atoms with Gasteiger partial charge >= 0.3 is 0 Å². The molecule has 0 aliphatic heterocycles. The van der Waals surface area contributed by atoms with Crippen molar-refractivity contribution >= 4 is 25.2 Å². The van der Waals surface area contributed by atoms with Gasteiger partial charge in [-0.15, -0.1) is 0 Å². The van der Waals surface area contributed by atoms with Crippen LogP contribution < -0.4 is 5.32 Å². The lowest BCUT2D eigenvalue weighted by molar-refractivity contribution is 0.0808. The number of carbonyl (C=O) groups is 1. The van der Waals surface area contributed by atoms with Crippen LogP contribution in [-0.2, 0) is 16.9 Å². The van der Waals surface area contributed by atoms with E-state index in [-0.39, 0.29) is 29.6 Å². The molecule has 0 atom stereocenters. The standard InChI is InChI=1S/C32H43N5O2Si/c1-31(2)15-11-24(12-16-31)27-19-25(32(22-34)13-7-6-8-14-32)9-10-28(27)36-30(38)29-35-26(20-33)21-37(29)23-39-17-18-40(3,4)5/h9-11,19,21H,6-8,12-18,23H2,1-5H3,(H,36,38). The molecule has 1 aromatic heterocycles. The smallest absolute Gasteiger partial charge is 0.291 e. The number of imidazole rings is 1. The Balaban J connectivity index is 1.64. The summed E-state index contributed by atoms with van der Waals surface area (Å²) < 4.78 is 7.48. The second-order valence-corrected chi connectivity index (χ2v) is 19.1. The van der Waals surface area contributed by atoms with Gasteiger partial charge in [0, 0.05) is 32.1 Å². The number of nitrogens with zero attached hydrogens (tertiary/aromatic N) is 4. The molecule has 1 aromatic carbocycles. The lowest BCUT2D eigenvalue weighted by atomic mass is 9.69. The van der Waals surface area contributed by atoms with E-state index in [9.17, 15) is 15.3 Å². The van der Waals surface area contributed by atoms with Crippen molar-refractivity contribution in [2.24, 2.45) is 5.41 Å². The van der Waals surface area contributed by atoms with Crippen LogP contribution in [0.5, 0.6) is 0 Å². The Bertz CT molecular complexity index is 1350. The lowest BCUT2D eigenvalue weighted by Gasteiger charge is -2.33. The highest BCUT2D eigenvalue weighted by Gasteiger charge is 2.35. The molecule has 1 saturated carbocycles. The summed E-state index contributed by atoms with van der Waals surface area (Å²) in [5.74, 6) is -0.229. The van der Waals surface area contributed by atoms with Crippen molar-refractivity contribution in [1.29, 1.82) is 10.5 Å². The van der Waals surface area contributed by atoms with E-state index in [0.717, 1.165) is 62.1 Å². The van der Waals surface area contributed by atoms with Crippen molar-refractivity contribution in [2.75, 3.05) is 11.9 Å². The molecule has 8 heteroatoms. The topological polar surface area (TPSA) is 104 Å². The summed E-state index contributed by atoms with van der Waals surface area (Å²) in [7, 11) is -1.25. The van der Waals surface area contributed by atoms with Gasteiger partial charge in [0.05, 0.1) is 11.5 Å². The second-order valence-electron chi connectivity index (χ2n) is 13.4. The summed E-state index contributed by atoms with van der Waals surface area (Å²) in [6.45, 7) is 12.2. The maximum absolute atomic E-state index is 13.6. The Hall–Kier alpha value is -3.20. The van der Waals surface area contributed by atoms with Crippen LogP contribution in [-0.4, -0.2) is 30.1 Å². The van der Waals surface area contributed by atoms with E-state index in [4.69, 9.17) is 4.74 Å². The third kappa shape index (κ3) is 7.10. The predicted molar refractivity (Wildman–Crippen MR) is 161 cm³/mol. The number of carbonyl (C=O) groups excluding carboxylic acids is 1. The van der Waals surface area contributed by atoms with E-state index in [1.807, 2.05) is 18.2 Å². The van der Waals surface area contributed by atoms with Gasteiger partial charge in [-0.3, -0.25) is 4.79 Å². The maximum atomic E-state index is 13.6. The van der Waals surface area contributed by atoms with Crippen LogP contribution in [0.2, 0.25) is 25.7 Å². The molecule has 7 nitrogen and oxygen atoms in total. The van der Waals surface area contributed by atoms with Gasteiger partial charge in [-0.05, 0) is 66.8 Å². The summed E-state index contributed by atoms with van der Waals surface area (Å²) >= 11 is 0. The molecule has 4 rings (SSSR count). The Morgan fingerprint density at radius 1 is 1.15 bits per heavy atom. The first kappa shape index (κ1) is 29.8. The number of rotatable bonds is 9. The number of aromatic nitrogens is 2. The minimum atomic E-state index is -1.25. The molecule has 1 heterocycles. The Morgan fingerprint density at radius 3 is 2.52 bits per heavy atom. The third-order valence-corrected chi connectivity index (χ3v) is 10.1. The summed E-state index contributed by atoms with van der Waals surface area (Å²) in [6, 6.07) is 11.8. The van der Waals surface area contributed by atoms with Crippen molar-refractivity contribution in [2.45, 2.75) is 103 Å². The first-order valence-electron chi connectivity index (χ1n) is 14.6. The number of ether oxygens (including phenoxy) is 1. The molecule has 0 spiro atoms. The Kier molecular flexibility index (Phi) is 9.02. The molecule has 2 aliphatic carbocycles. The van der Waals surface area contributed by atoms with Gasteiger partial charge in [-0.1, -0.05) is 64.9 Å². The van der Waals surface area contributed by atoms with E-state index in [2.05, 4.69) is 62.0 Å². The molecule has 0 unspecified atom stereocenters. The normalized spacial score (nSPS) is 18.3. The molecule has 0 bridgehead atoms. The molecule has 1 N–H and O–H groups in total. The zero-order valence-electron chi connectivity index (χ0n) is 24.8. The fourth-order valence-electron chi connectivity index (χ4n) is 5.63. The third-order valence-electron chi connectivity index (χ3n) is 8.38. The number of hydrogen-bond donors (Lipinski definition) is 1. The number of hydrogen-bond acceptors (Lipinski definition) is 5. The van der Waals surface area contributed by atoms with Gasteiger partial charge in [0.15, 0.2) is 5.69 Å². The van der Waals surface area contributed by atoms with Crippen LogP contribution in [0, 0.1) is 28.1 Å². The molecule has 2 aliphatic rings. The van der Waals surface area contributed by atoms with Crippen molar-refractivity contribution in [1.82, 2.24) is 9.55 Å². The molecule has 0 radical (unpaired) electrons. The molecule has 40 heavy (non-hydrogen) atoms. The van der Waals surface area contributed by atoms with E-state index in [0.29, 0.717) is 12.3 Å². The fraction of sp³-hybridized carbons (Fsp3) is 0.562. The molecule has 1 fully saturated rings. The number of benzene rings is 1. The summed E-state index contributed by atoms with van der Waals surface area (Å²) in [4.78, 5) is 17.9. The molecular weight excluding hydrogens is 514 g/mol. The SMILES string of the molecule is CC1(C)CC=C(c2cc(C3(C#N)CCCCC3)ccc2NC(=O)c2nc(C#N)cn2COCC[Si](C)(C)C)CC1. The molecular formula is C32H43N5O2Si. The van der Waals surface area contributed by atoms with Crippen molar-refractivity contribution in [3.8, 4) is 12.1 Å². The number of nitriles is 2. The molecule has 2 aromatic rings. The van der Waals surface area contributed by atoms with Crippen LogP contribution in [0.4, 0.5) is 5.69 Å². The van der Waals surface area contributed by atoms with Gasteiger partial charge < -0.3 is 14.6 Å². The first-order chi connectivity index (χ1) is 19.0. The second kappa shape index (κ2) is 12.1. The molecule has 0 saturated heterocycles. The monoisotopic (exact) mass is 557 g/mol. The van der Waals surface area contributed by atoms with Crippen LogP contribution >= 0.6 is 0 Å². The number of anilines is 1. The highest BCUT2D eigenvalue weighted by molar-refractivity contribution is 6.76. The summed E-state index contributed by atoms with van der Waals surface area (Å²) in [5.41, 5.74) is 3.88. The van der Waals surface area contributed by atoms with E-state index in [1.54, 1.807) is 10.8 Å². The lowest BCUT2D eigenvalue weighted by Crippen LogP contribution is -2.27. The Morgan fingerprint density at radius 2 is 1.90 bits per heavy atom. The average molecular weight is 558 g/mol. The zero-order valence-corrected chi connectivity index (χ0v) is 25.8. The fourth-order valence-corrected chi connectivity index (χ4v) is 6.38. The number of allylic oxidation sites excluding steroid dienone is 2. The highest BCUT2D eigenvalue weighted by Crippen LogP contribution is 2.44. The van der Waals surface area contributed by atoms with Crippen molar-refractivity contribution in [3.63, 3.8) is 0 Å². The van der Waals surface area contributed by atoms with Gasteiger partial charge in [0.2, 0.25) is 5.82 Å². The zero-order chi connectivity index (χ0) is 29.0. The highest BCUT2D eigenvalue weighted by atomic mass is 28.3. The first-order valence-corrected chi connectivity index (χ1v) is 18.3. The van der Waals surface area contributed by atoms with Crippen molar-refractivity contribution < 1.29 is 9.53 Å². The van der Waals surface area contributed by atoms with Gasteiger partial charge in [0.25, 0.3) is 5.91 Å². The minimum Gasteiger partial charge on any atom is -0.361 e. The minimum absolute atomic E-state index is 0.152. The van der Waals surface area contributed by atoms with Crippen LogP contribution in [0.25, 0.3) is 5.57 Å². The largest absolute Gasteiger partial charge is 0.361 e. The van der Waals surface area contributed by atoms with Crippen LogP contribution in [0.1, 0.15) is 92.7 Å². The molecule has 1 amide bonds. The van der Waals surface area contributed by atoms with Crippen LogP contribution in [0.15, 0.2) is 30.5 Å². The molecule has 212 valence electrons. The van der Waals surface area contributed by atoms with Crippen LogP contribution in [0.3, 0.4) is 0 Å². The van der Waals surface area contributed by atoms with E-state index >= 15 is 0 Å².